The van der Waals surface area contributed by atoms with Crippen molar-refractivity contribution in [2.75, 3.05) is 44.2 Å². The van der Waals surface area contributed by atoms with Crippen molar-refractivity contribution < 1.29 is 19.2 Å². The molecule has 1 unspecified atom stereocenters. The highest BCUT2D eigenvalue weighted by atomic mass is 16.2. The Morgan fingerprint density at radius 2 is 0.672 bits per heavy atom. The highest BCUT2D eigenvalue weighted by Crippen LogP contribution is 2.40. The van der Waals surface area contributed by atoms with Gasteiger partial charge in [0, 0.05) is 96.4 Å². The predicted molar refractivity (Wildman–Crippen MR) is 464 cm³/mol. The lowest BCUT2D eigenvalue weighted by molar-refractivity contribution is -0.119. The van der Waals surface area contributed by atoms with Crippen LogP contribution in [-0.2, 0) is 96.2 Å². The second-order valence-electron chi connectivity index (χ2n) is 31.5. The molecule has 4 aromatic heterocycles. The number of anilines is 8. The number of amides is 4. The molecule has 590 valence electrons. The molecule has 5 aliphatic rings. The third-order valence-electron chi connectivity index (χ3n) is 22.0. The summed E-state index contributed by atoms with van der Waals surface area (Å²) in [5, 5.41) is 12.0. The first-order valence-corrected chi connectivity index (χ1v) is 40.8. The van der Waals surface area contributed by atoms with Gasteiger partial charge in [0.05, 0.1) is 68.3 Å². The van der Waals surface area contributed by atoms with E-state index in [9.17, 15) is 19.2 Å². The van der Waals surface area contributed by atoms with Gasteiger partial charge >= 0.3 is 0 Å². The van der Waals surface area contributed by atoms with Gasteiger partial charge in [-0.2, -0.15) is 0 Å². The molecule has 116 heavy (non-hydrogen) atoms. The maximum atomic E-state index is 12.9. The van der Waals surface area contributed by atoms with Crippen molar-refractivity contribution in [1.29, 1.82) is 0 Å². The van der Waals surface area contributed by atoms with Gasteiger partial charge in [0.15, 0.2) is 23.3 Å². The Kier molecular flexibility index (Phi) is 25.4. The Balaban J connectivity index is 0.000000128. The molecule has 1 atom stereocenters. The van der Waals surface area contributed by atoms with Crippen molar-refractivity contribution in [2.45, 2.75) is 163 Å². The Morgan fingerprint density at radius 3 is 0.974 bits per heavy atom. The number of rotatable bonds is 18. The monoisotopic (exact) mass is 1540 g/mol. The van der Waals surface area contributed by atoms with Gasteiger partial charge in [0.25, 0.3) is 0 Å². The van der Waals surface area contributed by atoms with Crippen LogP contribution in [0.1, 0.15) is 176 Å². The Labute approximate surface area is 679 Å². The molecule has 20 nitrogen and oxygen atoms in total. The molecule has 0 radical (unpaired) electrons. The van der Waals surface area contributed by atoms with Gasteiger partial charge in [-0.1, -0.05) is 193 Å². The molecule has 12 aromatic rings. The van der Waals surface area contributed by atoms with Crippen molar-refractivity contribution >= 4 is 69.6 Å². The molecular weight excluding hydrogens is 1440 g/mol. The summed E-state index contributed by atoms with van der Waals surface area (Å²) in [5.41, 5.74) is 51.2. The summed E-state index contributed by atoms with van der Waals surface area (Å²) in [4.78, 5) is 88.9. The summed E-state index contributed by atoms with van der Waals surface area (Å²) in [6.07, 6.45) is 17.0. The van der Waals surface area contributed by atoms with Gasteiger partial charge in [-0.25, -0.2) is 39.9 Å². The van der Waals surface area contributed by atoms with Crippen LogP contribution in [0.4, 0.5) is 46.0 Å². The zero-order valence-electron chi connectivity index (χ0n) is 66.9. The van der Waals surface area contributed by atoms with Crippen molar-refractivity contribution in [3.05, 3.63) is 284 Å². The van der Waals surface area contributed by atoms with Crippen molar-refractivity contribution in [2.24, 2.45) is 17.8 Å². The van der Waals surface area contributed by atoms with Crippen LogP contribution < -0.4 is 44.2 Å². The number of nitrogens with zero attached hydrogens (tertiary/aromatic N) is 8. The molecular formula is C96H102N16O4. The lowest BCUT2D eigenvalue weighted by Gasteiger charge is -2.23. The van der Waals surface area contributed by atoms with Crippen molar-refractivity contribution in [3.8, 4) is 45.0 Å². The normalized spacial score (nSPS) is 13.5. The number of nitrogen functional groups attached to an aromatic ring is 4. The fourth-order valence-corrected chi connectivity index (χ4v) is 15.8. The van der Waals surface area contributed by atoms with E-state index < -0.39 is 0 Å². The predicted octanol–water partition coefficient (Wildman–Crippen LogP) is 17.5. The van der Waals surface area contributed by atoms with Gasteiger partial charge in [-0.05, 0) is 176 Å². The van der Waals surface area contributed by atoms with Crippen LogP contribution in [0, 0.1) is 17.8 Å². The standard InChI is InChI=1S/C27H30N4O.2C24H26N4O.C21H20N4O/c28-21-12-13-22-20(17-21)11-14-23-26(22)29-24(15-18-7-3-1-4-8-18)27(30-23)31-25(32)16-19-9-5-2-6-10-19;1-15(2)12-22(29)28-24-21(13-16-6-4-3-5-7-16)26-23-19-10-9-18(25)14-17(19)8-11-20(23)27-24;1-3-15(2)24(29)28-23-21(13-16-7-5-4-6-8-16)26-22-19-11-10-18(25)14-17(19)9-12-20(22)27-23;1-13(26)23-21-19(11-14-5-3-2-4-6-14)24-20-17-9-8-16(22)12-15(17)7-10-18(20)25-21/h1,3-4,7-8,12-13,17,19H,2,5-6,9-11,14-16,28H2,(H,30,31,32);3-7,9-10,14-15H,8,11-13,25H2,1-2H3,(H,27,28,29);4-8,10-11,14-15H,3,9,12-13,25H2,1-2H3,(H,27,28,29);2-6,8-9,12H,7,10-11,22H2,1H3,(H,23,25,26). The van der Waals surface area contributed by atoms with Crippen molar-refractivity contribution in [3.63, 3.8) is 0 Å². The number of carbonyl (C=O) groups excluding carboxylic acids is 4. The number of nitrogens with one attached hydrogen (secondary N) is 4. The SMILES string of the molecule is CC(=O)Nc1nc2c(nc1Cc1ccccc1)-c1ccc(N)cc1CC2.CC(C)CC(=O)Nc1nc2c(nc1Cc1ccccc1)-c1ccc(N)cc1CC2.CCC(C)C(=O)Nc1nc2c(nc1Cc1ccccc1)-c1ccc(N)cc1CC2.Nc1ccc2c(c1)CCc1nc(NC(=O)CC3CCCCC3)c(Cc3ccccc3)nc1-2. The van der Waals surface area contributed by atoms with Gasteiger partial charge in [-0.3, -0.25) is 19.2 Å². The number of aryl methyl sites for hydroxylation is 8. The highest BCUT2D eigenvalue weighted by molar-refractivity contribution is 5.93. The van der Waals surface area contributed by atoms with Crippen molar-refractivity contribution in [1.82, 2.24) is 39.9 Å². The second-order valence-corrected chi connectivity index (χ2v) is 31.5. The summed E-state index contributed by atoms with van der Waals surface area (Å²) >= 11 is 0. The average molecular weight is 1540 g/mol. The maximum absolute atomic E-state index is 12.9. The van der Waals surface area contributed by atoms with Crippen LogP contribution in [0.15, 0.2) is 194 Å². The van der Waals surface area contributed by atoms with E-state index in [0.29, 0.717) is 67.7 Å². The van der Waals surface area contributed by atoms with Gasteiger partial charge in [-0.15, -0.1) is 0 Å². The number of carbonyl (C=O) groups is 4. The van der Waals surface area contributed by atoms with E-state index in [2.05, 4.69) is 57.7 Å². The van der Waals surface area contributed by atoms with E-state index in [1.807, 2.05) is 185 Å². The lowest BCUT2D eigenvalue weighted by Crippen LogP contribution is -2.23. The molecule has 4 amide bonds. The topological polar surface area (TPSA) is 324 Å². The zero-order valence-corrected chi connectivity index (χ0v) is 66.9. The molecule has 1 fully saturated rings. The first-order chi connectivity index (χ1) is 56.3. The van der Waals surface area contributed by atoms with Gasteiger partial charge < -0.3 is 44.2 Å². The number of hydrogen-bond donors (Lipinski definition) is 8. The molecule has 0 bridgehead atoms. The van der Waals surface area contributed by atoms with E-state index in [4.69, 9.17) is 62.8 Å². The largest absolute Gasteiger partial charge is 0.399 e. The minimum absolute atomic E-state index is 0.0138. The average Bonchev–Trinajstić information content (AvgIpc) is 0.786. The minimum atomic E-state index is -0.141. The molecule has 8 aromatic carbocycles. The highest BCUT2D eigenvalue weighted by Gasteiger charge is 2.29. The number of hydrogen-bond acceptors (Lipinski definition) is 16. The van der Waals surface area contributed by atoms with E-state index in [-0.39, 0.29) is 35.5 Å². The van der Waals surface area contributed by atoms with Gasteiger partial charge in [0.2, 0.25) is 23.6 Å². The third-order valence-corrected chi connectivity index (χ3v) is 22.0. The first-order valence-electron chi connectivity index (χ1n) is 40.8. The Bertz CT molecular complexity index is 5560. The lowest BCUT2D eigenvalue weighted by atomic mass is 9.87. The van der Waals surface area contributed by atoms with E-state index >= 15 is 0 Å². The molecule has 5 aliphatic carbocycles. The molecule has 1 saturated carbocycles. The quantitative estimate of drug-likeness (QED) is 0.0370. The summed E-state index contributed by atoms with van der Waals surface area (Å²) in [5.74, 6) is 2.93. The maximum Gasteiger partial charge on any atom is 0.228 e. The molecule has 0 spiro atoms. The molecule has 0 saturated heterocycles. The van der Waals surface area contributed by atoms with E-state index in [1.54, 1.807) is 0 Å². The molecule has 17 rings (SSSR count). The molecule has 20 heteroatoms. The van der Waals surface area contributed by atoms with Crippen LogP contribution in [-0.4, -0.2) is 63.5 Å². The summed E-state index contributed by atoms with van der Waals surface area (Å²) in [6.45, 7) is 9.50. The third kappa shape index (κ3) is 20.0. The summed E-state index contributed by atoms with van der Waals surface area (Å²) in [7, 11) is 0. The smallest absolute Gasteiger partial charge is 0.228 e. The number of benzene rings is 8. The fourth-order valence-electron chi connectivity index (χ4n) is 15.8. The molecule has 12 N–H and O–H groups in total. The van der Waals surface area contributed by atoms with Crippen LogP contribution >= 0.6 is 0 Å². The fraction of sp³-hybridized carbons (Fsp3) is 0.292. The van der Waals surface area contributed by atoms with E-state index in [1.165, 1.54) is 48.4 Å². The second kappa shape index (κ2) is 37.0. The molecule has 0 aliphatic heterocycles. The molecule has 4 heterocycles. The van der Waals surface area contributed by atoms with Crippen LogP contribution in [0.25, 0.3) is 45.0 Å². The summed E-state index contributed by atoms with van der Waals surface area (Å²) in [6, 6.07) is 64.5. The van der Waals surface area contributed by atoms with Gasteiger partial charge in [0.1, 0.15) is 0 Å². The zero-order chi connectivity index (χ0) is 80.8. The number of aromatic nitrogens is 8. The van der Waals surface area contributed by atoms with E-state index in [0.717, 1.165) is 206 Å². The van der Waals surface area contributed by atoms with Crippen LogP contribution in [0.2, 0.25) is 0 Å². The number of fused-ring (bicyclic) bond motifs is 12. The first kappa shape index (κ1) is 79.8. The number of nitrogens with two attached hydrogens (primary N) is 4. The summed E-state index contributed by atoms with van der Waals surface area (Å²) < 4.78 is 0. The Hall–Kier alpha value is -12.8. The Morgan fingerprint density at radius 1 is 0.371 bits per heavy atom. The minimum Gasteiger partial charge on any atom is -0.399 e. The van der Waals surface area contributed by atoms with Crippen LogP contribution in [0.5, 0.6) is 0 Å². The van der Waals surface area contributed by atoms with Crippen LogP contribution in [0.3, 0.4) is 0 Å².